The van der Waals surface area contributed by atoms with Gasteiger partial charge in [0.15, 0.2) is 11.5 Å². The summed E-state index contributed by atoms with van der Waals surface area (Å²) in [6.45, 7) is 2.17. The minimum Gasteiger partial charge on any atom is -0.296 e. The van der Waals surface area contributed by atoms with Crippen LogP contribution < -0.4 is 0 Å². The van der Waals surface area contributed by atoms with E-state index in [1.54, 1.807) is 0 Å². The van der Waals surface area contributed by atoms with E-state index >= 15 is 0 Å². The number of halogens is 1. The van der Waals surface area contributed by atoms with E-state index in [2.05, 4.69) is 6.92 Å². The van der Waals surface area contributed by atoms with Crippen LogP contribution in [0.5, 0.6) is 0 Å². The molecule has 0 saturated heterocycles. The Hall–Kier alpha value is -0.400. The molecule has 0 aromatic heterocycles. The highest BCUT2D eigenvalue weighted by atomic mass is 19.1. The molecule has 0 aromatic rings. The summed E-state index contributed by atoms with van der Waals surface area (Å²) < 4.78 is 14.5. The van der Waals surface area contributed by atoms with Gasteiger partial charge in [-0.2, -0.15) is 0 Å². The van der Waals surface area contributed by atoms with Gasteiger partial charge in [-0.15, -0.1) is 0 Å². The van der Waals surface area contributed by atoms with E-state index in [0.717, 1.165) is 38.5 Å². The van der Waals surface area contributed by atoms with Crippen molar-refractivity contribution in [3.8, 4) is 0 Å². The Morgan fingerprint density at radius 2 is 1.59 bits per heavy atom. The summed E-state index contributed by atoms with van der Waals surface area (Å²) in [5.41, 5.74) is -1.47. The zero-order valence-electron chi connectivity index (χ0n) is 11.3. The van der Waals surface area contributed by atoms with E-state index in [0.29, 0.717) is 19.3 Å². The molecule has 0 atom stereocenters. The van der Waals surface area contributed by atoms with Crippen LogP contribution in [0.1, 0.15) is 84.0 Å². The summed E-state index contributed by atoms with van der Waals surface area (Å²) in [6, 6.07) is 0. The van der Waals surface area contributed by atoms with Crippen molar-refractivity contribution in [2.24, 2.45) is 0 Å². The van der Waals surface area contributed by atoms with Crippen molar-refractivity contribution in [1.29, 1.82) is 0 Å². The van der Waals surface area contributed by atoms with Gasteiger partial charge >= 0.3 is 0 Å². The van der Waals surface area contributed by atoms with Gasteiger partial charge in [0.05, 0.1) is 0 Å². The molecule has 1 fully saturated rings. The molecule has 0 aliphatic heterocycles. The summed E-state index contributed by atoms with van der Waals surface area (Å²) in [5.74, 6) is -0.115. The van der Waals surface area contributed by atoms with Gasteiger partial charge in [0.2, 0.25) is 0 Å². The number of hydrogen-bond donors (Lipinski definition) is 0. The van der Waals surface area contributed by atoms with Crippen molar-refractivity contribution in [1.82, 2.24) is 0 Å². The van der Waals surface area contributed by atoms with Gasteiger partial charge in [0.25, 0.3) is 0 Å². The summed E-state index contributed by atoms with van der Waals surface area (Å²) in [6.07, 6.45) is 10.9. The third-order valence-electron chi connectivity index (χ3n) is 3.90. The first-order chi connectivity index (χ1) is 8.19. The number of hydrogen-bond acceptors (Lipinski definition) is 1. The van der Waals surface area contributed by atoms with Crippen LogP contribution in [0.15, 0.2) is 0 Å². The molecule has 0 bridgehead atoms. The average molecular weight is 242 g/mol. The topological polar surface area (TPSA) is 17.1 Å². The highest BCUT2D eigenvalue weighted by Gasteiger charge is 2.37. The fourth-order valence-corrected chi connectivity index (χ4v) is 2.68. The first-order valence-electron chi connectivity index (χ1n) is 7.41. The van der Waals surface area contributed by atoms with Gasteiger partial charge in [-0.25, -0.2) is 4.39 Å². The average Bonchev–Trinajstić information content (AvgIpc) is 2.54. The molecule has 0 heterocycles. The van der Waals surface area contributed by atoms with Gasteiger partial charge in [0, 0.05) is 6.42 Å². The molecule has 0 amide bonds. The highest BCUT2D eigenvalue weighted by Crippen LogP contribution is 2.32. The molecule has 1 nitrogen and oxygen atoms in total. The molecule has 1 aliphatic carbocycles. The van der Waals surface area contributed by atoms with Gasteiger partial charge in [-0.3, -0.25) is 4.79 Å². The lowest BCUT2D eigenvalue weighted by Crippen LogP contribution is -2.33. The Balaban J connectivity index is 2.24. The molecule has 100 valence electrons. The Labute approximate surface area is 105 Å². The Morgan fingerprint density at radius 1 is 1.00 bits per heavy atom. The van der Waals surface area contributed by atoms with E-state index in [1.807, 2.05) is 0 Å². The lowest BCUT2D eigenvalue weighted by Gasteiger charge is -2.21. The first kappa shape index (κ1) is 14.7. The predicted molar refractivity (Wildman–Crippen MR) is 69.9 cm³/mol. The van der Waals surface area contributed by atoms with Gasteiger partial charge in [-0.1, -0.05) is 45.4 Å². The van der Waals surface area contributed by atoms with Crippen LogP contribution in [0, 0.1) is 0 Å². The van der Waals surface area contributed by atoms with E-state index in [1.165, 1.54) is 19.3 Å². The summed E-state index contributed by atoms with van der Waals surface area (Å²) in [7, 11) is 0. The lowest BCUT2D eigenvalue weighted by molar-refractivity contribution is -0.131. The van der Waals surface area contributed by atoms with Gasteiger partial charge in [0.1, 0.15) is 0 Å². The molecule has 2 heteroatoms. The molecule has 1 rings (SSSR count). The second kappa shape index (κ2) is 7.84. The predicted octanol–water partition coefficient (Wildman–Crippen LogP) is 4.98. The largest absolute Gasteiger partial charge is 0.296 e. The van der Waals surface area contributed by atoms with Gasteiger partial charge < -0.3 is 0 Å². The van der Waals surface area contributed by atoms with Crippen LogP contribution in [0.25, 0.3) is 0 Å². The molecule has 0 spiro atoms. The molecule has 1 saturated carbocycles. The number of rotatable bonds is 7. The van der Waals surface area contributed by atoms with Crippen molar-refractivity contribution < 1.29 is 9.18 Å². The quantitative estimate of drug-likeness (QED) is 0.454. The van der Waals surface area contributed by atoms with Crippen LogP contribution in [0.2, 0.25) is 0 Å². The van der Waals surface area contributed by atoms with Crippen molar-refractivity contribution in [3.63, 3.8) is 0 Å². The molecule has 17 heavy (non-hydrogen) atoms. The Morgan fingerprint density at radius 3 is 2.18 bits per heavy atom. The van der Waals surface area contributed by atoms with Crippen LogP contribution >= 0.6 is 0 Å². The minimum atomic E-state index is -1.47. The summed E-state index contributed by atoms with van der Waals surface area (Å²) in [5, 5.41) is 0. The number of carbonyl (C=O) groups excluding carboxylic acids is 1. The zero-order valence-corrected chi connectivity index (χ0v) is 11.3. The lowest BCUT2D eigenvalue weighted by atomic mass is 9.89. The van der Waals surface area contributed by atoms with Crippen LogP contribution in [-0.2, 0) is 4.79 Å². The third kappa shape index (κ3) is 5.18. The molecule has 1 aliphatic rings. The first-order valence-corrected chi connectivity index (χ1v) is 7.41. The van der Waals surface area contributed by atoms with Gasteiger partial charge in [-0.05, 0) is 32.1 Å². The number of Topliss-reactive ketones (excluding diaryl/α,β-unsaturated/α-hetero) is 1. The number of unbranched alkanes of at least 4 members (excludes halogenated alkanes) is 4. The fourth-order valence-electron chi connectivity index (χ4n) is 2.68. The number of alkyl halides is 1. The second-order valence-electron chi connectivity index (χ2n) is 5.47. The molecular formula is C15H27FO. The molecule has 0 aromatic carbocycles. The molecule has 0 unspecified atom stereocenters. The van der Waals surface area contributed by atoms with E-state index < -0.39 is 5.67 Å². The van der Waals surface area contributed by atoms with Crippen LogP contribution in [0.4, 0.5) is 4.39 Å². The molecule has 0 N–H and O–H groups in total. The van der Waals surface area contributed by atoms with E-state index in [4.69, 9.17) is 0 Å². The third-order valence-corrected chi connectivity index (χ3v) is 3.90. The summed E-state index contributed by atoms with van der Waals surface area (Å²) >= 11 is 0. The second-order valence-corrected chi connectivity index (χ2v) is 5.47. The van der Waals surface area contributed by atoms with Crippen molar-refractivity contribution >= 4 is 5.78 Å². The maximum atomic E-state index is 14.5. The zero-order chi connectivity index (χ0) is 12.6. The Bertz CT molecular complexity index is 217. The molecule has 0 radical (unpaired) electrons. The molecular weight excluding hydrogens is 215 g/mol. The maximum absolute atomic E-state index is 14.5. The van der Waals surface area contributed by atoms with Crippen LogP contribution in [0.3, 0.4) is 0 Å². The van der Waals surface area contributed by atoms with Crippen LogP contribution in [-0.4, -0.2) is 11.5 Å². The highest BCUT2D eigenvalue weighted by molar-refractivity contribution is 5.87. The summed E-state index contributed by atoms with van der Waals surface area (Å²) in [4.78, 5) is 11.9. The minimum absolute atomic E-state index is 0.115. The maximum Gasteiger partial charge on any atom is 0.169 e. The number of carbonyl (C=O) groups is 1. The smallest absolute Gasteiger partial charge is 0.169 e. The normalized spacial score (nSPS) is 19.9. The fraction of sp³-hybridized carbons (Fsp3) is 0.933. The van der Waals surface area contributed by atoms with Crippen molar-refractivity contribution in [3.05, 3.63) is 0 Å². The monoisotopic (exact) mass is 242 g/mol. The Kier molecular flexibility index (Phi) is 6.76. The SMILES string of the molecule is CCCCCCCC(=O)C1(F)CCCCCC1. The van der Waals surface area contributed by atoms with Crippen molar-refractivity contribution in [2.45, 2.75) is 89.6 Å². The standard InChI is InChI=1S/C15H27FO/c1-2-3-4-5-8-11-14(17)15(16)12-9-6-7-10-13-15/h2-13H2,1H3. The van der Waals surface area contributed by atoms with Crippen molar-refractivity contribution in [2.75, 3.05) is 0 Å². The van der Waals surface area contributed by atoms with E-state index in [9.17, 15) is 9.18 Å². The van der Waals surface area contributed by atoms with E-state index in [-0.39, 0.29) is 5.78 Å². The number of ketones is 1.